The molecule has 1 saturated heterocycles. The third kappa shape index (κ3) is 1.97. The number of imidazole rings is 1. The second-order valence-electron chi connectivity index (χ2n) is 6.14. The van der Waals surface area contributed by atoms with Crippen LogP contribution < -0.4 is 5.32 Å². The van der Waals surface area contributed by atoms with Crippen LogP contribution in [0.1, 0.15) is 32.5 Å². The fraction of sp³-hybridized carbons (Fsp3) is 0.786. The van der Waals surface area contributed by atoms with Crippen LogP contribution in [0.5, 0.6) is 0 Å². The number of aromatic amines is 1. The summed E-state index contributed by atoms with van der Waals surface area (Å²) in [5.74, 6) is 1.83. The van der Waals surface area contributed by atoms with Gasteiger partial charge in [-0.05, 0) is 19.4 Å². The lowest BCUT2D eigenvalue weighted by Gasteiger charge is -2.55. The lowest BCUT2D eigenvalue weighted by Crippen LogP contribution is -2.65. The molecule has 1 aromatic rings. The van der Waals surface area contributed by atoms with Crippen molar-refractivity contribution in [1.29, 1.82) is 0 Å². The molecule has 0 spiro atoms. The zero-order valence-electron chi connectivity index (χ0n) is 11.3. The zero-order chi connectivity index (χ0) is 12.6. The number of aryl methyl sites for hydroxylation is 1. The quantitative estimate of drug-likeness (QED) is 0.782. The lowest BCUT2D eigenvalue weighted by molar-refractivity contribution is -0.112. The molecule has 3 unspecified atom stereocenters. The van der Waals surface area contributed by atoms with Crippen LogP contribution in [-0.2, 0) is 11.2 Å². The summed E-state index contributed by atoms with van der Waals surface area (Å²) in [6.07, 6.45) is 7.58. The zero-order valence-corrected chi connectivity index (χ0v) is 11.3. The molecule has 4 heteroatoms. The summed E-state index contributed by atoms with van der Waals surface area (Å²) in [6, 6.07) is 0.626. The summed E-state index contributed by atoms with van der Waals surface area (Å²) >= 11 is 0. The average molecular weight is 249 g/mol. The number of aromatic nitrogens is 2. The molecule has 0 bridgehead atoms. The number of fused-ring (bicyclic) bond motifs is 1. The minimum absolute atomic E-state index is 0.297. The Balaban J connectivity index is 1.43. The van der Waals surface area contributed by atoms with Crippen LogP contribution in [0.4, 0.5) is 0 Å². The van der Waals surface area contributed by atoms with E-state index < -0.39 is 0 Å². The number of nitrogens with zero attached hydrogens (tertiary/aromatic N) is 1. The molecule has 0 radical (unpaired) electrons. The summed E-state index contributed by atoms with van der Waals surface area (Å²) < 4.78 is 5.81. The van der Waals surface area contributed by atoms with Gasteiger partial charge in [-0.3, -0.25) is 0 Å². The van der Waals surface area contributed by atoms with E-state index in [-0.39, 0.29) is 0 Å². The number of rotatable bonds is 5. The maximum absolute atomic E-state index is 5.81. The molecule has 1 aliphatic carbocycles. The fourth-order valence-electron chi connectivity index (χ4n) is 3.69. The molecule has 100 valence electrons. The van der Waals surface area contributed by atoms with Gasteiger partial charge in [0.2, 0.25) is 0 Å². The van der Waals surface area contributed by atoms with Gasteiger partial charge in [0, 0.05) is 42.8 Å². The van der Waals surface area contributed by atoms with Crippen molar-refractivity contribution in [1.82, 2.24) is 15.3 Å². The molecule has 0 amide bonds. The van der Waals surface area contributed by atoms with Crippen LogP contribution >= 0.6 is 0 Å². The van der Waals surface area contributed by atoms with Crippen molar-refractivity contribution in [2.24, 2.45) is 11.3 Å². The number of hydrogen-bond acceptors (Lipinski definition) is 3. The van der Waals surface area contributed by atoms with E-state index in [2.05, 4.69) is 29.1 Å². The minimum atomic E-state index is 0.297. The molecule has 1 aliphatic heterocycles. The molecule has 2 aliphatic rings. The van der Waals surface area contributed by atoms with E-state index in [9.17, 15) is 0 Å². The van der Waals surface area contributed by atoms with Crippen LogP contribution in [0.25, 0.3) is 0 Å². The Morgan fingerprint density at radius 2 is 2.44 bits per heavy atom. The summed E-state index contributed by atoms with van der Waals surface area (Å²) in [5.41, 5.74) is 0.297. The van der Waals surface area contributed by atoms with Gasteiger partial charge < -0.3 is 15.0 Å². The fourth-order valence-corrected chi connectivity index (χ4v) is 3.69. The Bertz CT molecular complexity index is 388. The maximum atomic E-state index is 5.81. The molecule has 2 fully saturated rings. The number of hydrogen-bond donors (Lipinski definition) is 2. The van der Waals surface area contributed by atoms with Crippen molar-refractivity contribution >= 4 is 0 Å². The lowest BCUT2D eigenvalue weighted by atomic mass is 9.57. The first-order valence-electron chi connectivity index (χ1n) is 7.03. The molecule has 1 saturated carbocycles. The highest BCUT2D eigenvalue weighted by Gasteiger charge is 2.58. The highest BCUT2D eigenvalue weighted by Crippen LogP contribution is 2.51. The summed E-state index contributed by atoms with van der Waals surface area (Å²) in [5, 5.41) is 3.72. The van der Waals surface area contributed by atoms with Crippen LogP contribution in [0.2, 0.25) is 0 Å². The van der Waals surface area contributed by atoms with Crippen LogP contribution in [0, 0.1) is 11.3 Å². The Hall–Kier alpha value is -0.870. The highest BCUT2D eigenvalue weighted by atomic mass is 16.5. The Labute approximate surface area is 109 Å². The largest absolute Gasteiger partial charge is 0.377 e. The number of H-pyrrole nitrogens is 1. The van der Waals surface area contributed by atoms with E-state index in [0.717, 1.165) is 37.7 Å². The third-order valence-corrected chi connectivity index (χ3v) is 4.61. The predicted molar refractivity (Wildman–Crippen MR) is 70.3 cm³/mol. The van der Waals surface area contributed by atoms with Crippen molar-refractivity contribution in [3.8, 4) is 0 Å². The highest BCUT2D eigenvalue weighted by molar-refractivity contribution is 5.11. The van der Waals surface area contributed by atoms with Crippen molar-refractivity contribution in [3.05, 3.63) is 18.2 Å². The minimum Gasteiger partial charge on any atom is -0.377 e. The summed E-state index contributed by atoms with van der Waals surface area (Å²) in [6.45, 7) is 6.66. The second kappa shape index (κ2) is 4.67. The van der Waals surface area contributed by atoms with Gasteiger partial charge >= 0.3 is 0 Å². The van der Waals surface area contributed by atoms with Gasteiger partial charge in [0.1, 0.15) is 5.82 Å². The van der Waals surface area contributed by atoms with Crippen molar-refractivity contribution in [3.63, 3.8) is 0 Å². The van der Waals surface area contributed by atoms with Crippen LogP contribution in [0.15, 0.2) is 12.4 Å². The average Bonchev–Trinajstić information content (AvgIpc) is 2.97. The molecular weight excluding hydrogens is 226 g/mol. The van der Waals surface area contributed by atoms with Gasteiger partial charge in [-0.1, -0.05) is 13.8 Å². The molecule has 1 aromatic heterocycles. The van der Waals surface area contributed by atoms with Gasteiger partial charge in [0.05, 0.1) is 6.10 Å². The topological polar surface area (TPSA) is 49.9 Å². The van der Waals surface area contributed by atoms with Crippen molar-refractivity contribution < 1.29 is 4.74 Å². The van der Waals surface area contributed by atoms with E-state index in [4.69, 9.17) is 4.74 Å². The monoisotopic (exact) mass is 249 g/mol. The number of nitrogens with one attached hydrogen (secondary N) is 2. The molecule has 18 heavy (non-hydrogen) atoms. The summed E-state index contributed by atoms with van der Waals surface area (Å²) in [7, 11) is 0. The van der Waals surface area contributed by atoms with E-state index in [1.807, 2.05) is 12.4 Å². The molecule has 3 atom stereocenters. The van der Waals surface area contributed by atoms with Crippen molar-refractivity contribution in [2.45, 2.75) is 45.3 Å². The maximum Gasteiger partial charge on any atom is 0.106 e. The Kier molecular flexibility index (Phi) is 3.16. The smallest absolute Gasteiger partial charge is 0.106 e. The first-order chi connectivity index (χ1) is 8.69. The first kappa shape index (κ1) is 12.2. The van der Waals surface area contributed by atoms with E-state index in [1.165, 1.54) is 6.42 Å². The van der Waals surface area contributed by atoms with Gasteiger partial charge in [-0.15, -0.1) is 0 Å². The number of ether oxygens (including phenoxy) is 1. The molecule has 2 heterocycles. The van der Waals surface area contributed by atoms with Crippen LogP contribution in [0.3, 0.4) is 0 Å². The van der Waals surface area contributed by atoms with E-state index >= 15 is 0 Å². The van der Waals surface area contributed by atoms with Crippen LogP contribution in [-0.4, -0.2) is 35.3 Å². The van der Waals surface area contributed by atoms with Gasteiger partial charge in [0.15, 0.2) is 0 Å². The third-order valence-electron chi connectivity index (χ3n) is 4.61. The van der Waals surface area contributed by atoms with E-state index in [0.29, 0.717) is 17.6 Å². The van der Waals surface area contributed by atoms with Gasteiger partial charge in [-0.2, -0.15) is 0 Å². The standard InChI is InChI=1S/C14H23N3O/c1-14(2)12(10-5-9-18-13(10)14)17-6-3-4-11-15-7-8-16-11/h7-8,10,12-13,17H,3-6,9H2,1-2H3,(H,15,16). The van der Waals surface area contributed by atoms with Gasteiger partial charge in [0.25, 0.3) is 0 Å². The van der Waals surface area contributed by atoms with Crippen molar-refractivity contribution in [2.75, 3.05) is 13.2 Å². The molecule has 3 rings (SSSR count). The molecule has 2 N–H and O–H groups in total. The normalized spacial score (nSPS) is 33.1. The second-order valence-corrected chi connectivity index (χ2v) is 6.14. The molecular formula is C14H23N3O. The van der Waals surface area contributed by atoms with E-state index in [1.54, 1.807) is 0 Å². The predicted octanol–water partition coefficient (Wildman–Crippen LogP) is 1.75. The Morgan fingerprint density at radius 3 is 3.22 bits per heavy atom. The molecule has 0 aromatic carbocycles. The SMILES string of the molecule is CC1(C)C(NCCCc2ncc[nH]2)C2CCOC21. The Morgan fingerprint density at radius 1 is 1.56 bits per heavy atom. The summed E-state index contributed by atoms with van der Waals surface area (Å²) in [4.78, 5) is 7.39. The first-order valence-corrected chi connectivity index (χ1v) is 7.03. The van der Waals surface area contributed by atoms with Gasteiger partial charge in [-0.25, -0.2) is 4.98 Å². The molecule has 4 nitrogen and oxygen atoms in total.